The van der Waals surface area contributed by atoms with Crippen LogP contribution >= 0.6 is 0 Å². The molecule has 1 aromatic rings. The fourth-order valence-corrected chi connectivity index (χ4v) is 2.08. The first-order valence-electron chi connectivity index (χ1n) is 5.69. The molecular weight excluding hydrogens is 186 g/mol. The van der Waals surface area contributed by atoms with Crippen LogP contribution in [0.3, 0.4) is 0 Å². The molecule has 1 aromatic carbocycles. The molecule has 1 aliphatic rings. The van der Waals surface area contributed by atoms with Gasteiger partial charge >= 0.3 is 0 Å². The van der Waals surface area contributed by atoms with Gasteiger partial charge in [-0.2, -0.15) is 0 Å². The number of rotatable bonds is 5. The summed E-state index contributed by atoms with van der Waals surface area (Å²) < 4.78 is 5.23. The number of hydrogen-bond acceptors (Lipinski definition) is 2. The smallest absolute Gasteiger partial charge is 0.119 e. The predicted octanol–water partition coefficient (Wildman–Crippen LogP) is 2.41. The van der Waals surface area contributed by atoms with E-state index >= 15 is 0 Å². The van der Waals surface area contributed by atoms with Gasteiger partial charge in [-0.05, 0) is 49.0 Å². The summed E-state index contributed by atoms with van der Waals surface area (Å²) in [6.07, 6.45) is 1.32. The monoisotopic (exact) mass is 205 g/mol. The maximum Gasteiger partial charge on any atom is 0.119 e. The minimum Gasteiger partial charge on any atom is -0.497 e. The molecule has 1 N–H and O–H groups in total. The lowest BCUT2D eigenvalue weighted by Crippen LogP contribution is -2.16. The summed E-state index contributed by atoms with van der Waals surface area (Å²) in [4.78, 5) is 0. The minimum atomic E-state index is 0.749. The van der Waals surface area contributed by atoms with Gasteiger partial charge in [0.05, 0.1) is 7.11 Å². The summed E-state index contributed by atoms with van der Waals surface area (Å²) in [5.74, 6) is 2.55. The molecule has 0 radical (unpaired) electrons. The highest BCUT2D eigenvalue weighted by Gasteiger charge is 2.37. The molecule has 2 nitrogen and oxygen atoms in total. The maximum atomic E-state index is 5.23. The van der Waals surface area contributed by atoms with Crippen LogP contribution in [0.25, 0.3) is 0 Å². The highest BCUT2D eigenvalue weighted by Crippen LogP contribution is 2.47. The molecule has 1 fully saturated rings. The number of nitrogens with one attached hydrogen (secondary N) is 1. The summed E-state index contributed by atoms with van der Waals surface area (Å²) in [7, 11) is 1.72. The second-order valence-electron chi connectivity index (χ2n) is 4.19. The first-order valence-corrected chi connectivity index (χ1v) is 5.69. The number of benzene rings is 1. The van der Waals surface area contributed by atoms with Crippen LogP contribution < -0.4 is 10.1 Å². The van der Waals surface area contributed by atoms with Crippen molar-refractivity contribution in [1.29, 1.82) is 0 Å². The lowest BCUT2D eigenvalue weighted by Gasteiger charge is -2.04. The largest absolute Gasteiger partial charge is 0.497 e. The number of hydrogen-bond donors (Lipinski definition) is 1. The van der Waals surface area contributed by atoms with Crippen LogP contribution in [0.2, 0.25) is 0 Å². The molecule has 82 valence electrons. The maximum absolute atomic E-state index is 5.23. The van der Waals surface area contributed by atoms with Gasteiger partial charge in [-0.3, -0.25) is 0 Å². The van der Waals surface area contributed by atoms with Crippen molar-refractivity contribution in [3.63, 3.8) is 0 Å². The van der Waals surface area contributed by atoms with Crippen molar-refractivity contribution < 1.29 is 4.74 Å². The second-order valence-corrected chi connectivity index (χ2v) is 4.19. The van der Waals surface area contributed by atoms with Gasteiger partial charge in [0, 0.05) is 0 Å². The van der Waals surface area contributed by atoms with E-state index < -0.39 is 0 Å². The van der Waals surface area contributed by atoms with Gasteiger partial charge in [-0.1, -0.05) is 19.1 Å². The number of methoxy groups -OCH3 is 1. The summed E-state index contributed by atoms with van der Waals surface area (Å²) in [6, 6.07) is 8.46. The number of ether oxygens (including phenoxy) is 1. The van der Waals surface area contributed by atoms with Gasteiger partial charge < -0.3 is 10.1 Å². The fraction of sp³-hybridized carbons (Fsp3) is 0.538. The van der Waals surface area contributed by atoms with Crippen molar-refractivity contribution in [3.8, 4) is 5.75 Å². The van der Waals surface area contributed by atoms with E-state index in [1.807, 2.05) is 6.07 Å². The van der Waals surface area contributed by atoms with Crippen molar-refractivity contribution in [1.82, 2.24) is 5.32 Å². The van der Waals surface area contributed by atoms with Gasteiger partial charge in [-0.15, -0.1) is 0 Å². The molecule has 1 saturated carbocycles. The van der Waals surface area contributed by atoms with Crippen LogP contribution in [-0.4, -0.2) is 20.2 Å². The SMILES string of the molecule is CCNCC1CC1c1cccc(OC)c1. The molecule has 0 amide bonds. The molecule has 0 saturated heterocycles. The highest BCUT2D eigenvalue weighted by molar-refractivity contribution is 5.34. The quantitative estimate of drug-likeness (QED) is 0.797. The molecule has 0 aliphatic heterocycles. The van der Waals surface area contributed by atoms with Crippen molar-refractivity contribution in [3.05, 3.63) is 29.8 Å². The Bertz CT molecular complexity index is 324. The van der Waals surface area contributed by atoms with E-state index in [-0.39, 0.29) is 0 Å². The average Bonchev–Trinajstić information content (AvgIpc) is 3.06. The summed E-state index contributed by atoms with van der Waals surface area (Å²) in [5.41, 5.74) is 1.43. The van der Waals surface area contributed by atoms with Gasteiger partial charge in [0.2, 0.25) is 0 Å². The Morgan fingerprint density at radius 1 is 1.47 bits per heavy atom. The Labute approximate surface area is 91.6 Å². The van der Waals surface area contributed by atoms with Crippen LogP contribution in [0.4, 0.5) is 0 Å². The van der Waals surface area contributed by atoms with Crippen molar-refractivity contribution >= 4 is 0 Å². The fourth-order valence-electron chi connectivity index (χ4n) is 2.08. The Morgan fingerprint density at radius 3 is 3.07 bits per heavy atom. The Morgan fingerprint density at radius 2 is 2.33 bits per heavy atom. The third-order valence-corrected chi connectivity index (χ3v) is 3.10. The van der Waals surface area contributed by atoms with Crippen molar-refractivity contribution in [2.75, 3.05) is 20.2 Å². The predicted molar refractivity (Wildman–Crippen MR) is 62.4 cm³/mol. The summed E-state index contributed by atoms with van der Waals surface area (Å²) >= 11 is 0. The molecule has 1 aliphatic carbocycles. The highest BCUT2D eigenvalue weighted by atomic mass is 16.5. The zero-order chi connectivity index (χ0) is 10.7. The minimum absolute atomic E-state index is 0.749. The zero-order valence-corrected chi connectivity index (χ0v) is 9.49. The van der Waals surface area contributed by atoms with E-state index in [4.69, 9.17) is 4.74 Å². The molecule has 0 heterocycles. The average molecular weight is 205 g/mol. The lowest BCUT2D eigenvalue weighted by atomic mass is 10.1. The molecule has 2 rings (SSSR count). The van der Waals surface area contributed by atoms with Gasteiger partial charge in [0.15, 0.2) is 0 Å². The van der Waals surface area contributed by atoms with E-state index in [1.54, 1.807) is 7.11 Å². The molecule has 2 unspecified atom stereocenters. The van der Waals surface area contributed by atoms with E-state index in [2.05, 4.69) is 30.4 Å². The van der Waals surface area contributed by atoms with E-state index in [1.165, 1.54) is 12.0 Å². The van der Waals surface area contributed by atoms with Gasteiger partial charge in [0.25, 0.3) is 0 Å². The van der Waals surface area contributed by atoms with E-state index in [0.717, 1.165) is 30.7 Å². The molecule has 2 atom stereocenters. The lowest BCUT2D eigenvalue weighted by molar-refractivity contribution is 0.414. The van der Waals surface area contributed by atoms with Crippen LogP contribution in [0.1, 0.15) is 24.8 Å². The third-order valence-electron chi connectivity index (χ3n) is 3.10. The summed E-state index contributed by atoms with van der Waals surface area (Å²) in [6.45, 7) is 4.38. The Balaban J connectivity index is 1.94. The first kappa shape index (κ1) is 10.5. The van der Waals surface area contributed by atoms with Gasteiger partial charge in [-0.25, -0.2) is 0 Å². The second kappa shape index (κ2) is 4.67. The van der Waals surface area contributed by atoms with E-state index in [0.29, 0.717) is 0 Å². The normalized spacial score (nSPS) is 23.9. The van der Waals surface area contributed by atoms with Gasteiger partial charge in [0.1, 0.15) is 5.75 Å². The van der Waals surface area contributed by atoms with Crippen molar-refractivity contribution in [2.45, 2.75) is 19.3 Å². The molecule has 0 bridgehead atoms. The molecule has 15 heavy (non-hydrogen) atoms. The third kappa shape index (κ3) is 2.51. The molecule has 0 spiro atoms. The first-order chi connectivity index (χ1) is 7.35. The van der Waals surface area contributed by atoms with Crippen LogP contribution in [0.15, 0.2) is 24.3 Å². The zero-order valence-electron chi connectivity index (χ0n) is 9.49. The van der Waals surface area contributed by atoms with Crippen LogP contribution in [0, 0.1) is 5.92 Å². The summed E-state index contributed by atoms with van der Waals surface area (Å²) in [5, 5.41) is 3.41. The standard InChI is InChI=1S/C13H19NO/c1-3-14-9-11-8-13(11)10-5-4-6-12(7-10)15-2/h4-7,11,13-14H,3,8-9H2,1-2H3. The van der Waals surface area contributed by atoms with E-state index in [9.17, 15) is 0 Å². The topological polar surface area (TPSA) is 21.3 Å². The Kier molecular flexibility index (Phi) is 3.27. The molecule has 0 aromatic heterocycles. The molecular formula is C13H19NO. The Hall–Kier alpha value is -1.02. The molecule has 2 heteroatoms. The van der Waals surface area contributed by atoms with Crippen LogP contribution in [-0.2, 0) is 0 Å². The van der Waals surface area contributed by atoms with Crippen molar-refractivity contribution in [2.24, 2.45) is 5.92 Å². The van der Waals surface area contributed by atoms with Crippen LogP contribution in [0.5, 0.6) is 5.75 Å².